The molecular formula is C24H18BrN7O3. The third-order valence-corrected chi connectivity index (χ3v) is 5.61. The van der Waals surface area contributed by atoms with Crippen molar-refractivity contribution in [2.45, 2.75) is 0 Å². The third kappa shape index (κ3) is 5.04. The van der Waals surface area contributed by atoms with Crippen LogP contribution >= 0.6 is 15.9 Å². The molecule has 0 bridgehead atoms. The lowest BCUT2D eigenvalue weighted by atomic mass is 10.1. The number of ether oxygens (including phenoxy) is 1. The average Bonchev–Trinajstić information content (AvgIpc) is 3.55. The Hall–Kier alpha value is -4.51. The van der Waals surface area contributed by atoms with Crippen LogP contribution < -0.4 is 15.4 Å². The van der Waals surface area contributed by atoms with Crippen LogP contribution in [0.5, 0.6) is 5.75 Å². The number of nitrogens with zero attached hydrogens (tertiary/aromatic N) is 3. The molecule has 0 aliphatic heterocycles. The lowest BCUT2D eigenvalue weighted by Gasteiger charge is -2.09. The second-order valence-corrected chi connectivity index (χ2v) is 8.41. The molecule has 2 amide bonds. The molecule has 11 heteroatoms. The average molecular weight is 532 g/mol. The van der Waals surface area contributed by atoms with E-state index >= 15 is 0 Å². The number of para-hydroxylation sites is 2. The fraction of sp³-hybridized carbons (Fsp3) is 0.0417. The normalized spacial score (nSPS) is 10.8. The number of amides is 2. The Morgan fingerprint density at radius 3 is 2.60 bits per heavy atom. The molecule has 5 rings (SSSR count). The van der Waals surface area contributed by atoms with E-state index in [1.54, 1.807) is 48.5 Å². The summed E-state index contributed by atoms with van der Waals surface area (Å²) in [7, 11) is 0. The third-order valence-electron chi connectivity index (χ3n) is 5.12. The Labute approximate surface area is 207 Å². The standard InChI is InChI=1S/C24H18BrN7O3/c25-15-9-10-18(17(12-15)23-29-31-32-30-23)28-24(34)20-11-14-5-4-8-19(22(14)27-20)26-21(33)13-35-16-6-2-1-3-7-16/h1-12,27H,13H2,(H,26,33)(H,28,34)(H,29,30,31,32). The summed E-state index contributed by atoms with van der Waals surface area (Å²) in [5.41, 5.74) is 2.65. The first kappa shape index (κ1) is 22.3. The van der Waals surface area contributed by atoms with Crippen molar-refractivity contribution in [2.24, 2.45) is 0 Å². The van der Waals surface area contributed by atoms with Crippen molar-refractivity contribution in [3.63, 3.8) is 0 Å². The number of aromatic amines is 2. The molecule has 0 atom stereocenters. The Morgan fingerprint density at radius 2 is 1.80 bits per heavy atom. The number of H-pyrrole nitrogens is 2. The fourth-order valence-corrected chi connectivity index (χ4v) is 3.88. The van der Waals surface area contributed by atoms with Gasteiger partial charge in [-0.25, -0.2) is 5.10 Å². The number of tetrazole rings is 1. The van der Waals surface area contributed by atoms with Crippen molar-refractivity contribution in [3.05, 3.63) is 83.0 Å². The number of fused-ring (bicyclic) bond motifs is 1. The highest BCUT2D eigenvalue weighted by Gasteiger charge is 2.16. The zero-order valence-corrected chi connectivity index (χ0v) is 19.7. The van der Waals surface area contributed by atoms with Gasteiger partial charge in [-0.1, -0.05) is 46.3 Å². The summed E-state index contributed by atoms with van der Waals surface area (Å²) in [6.45, 7) is -0.142. The van der Waals surface area contributed by atoms with Crippen LogP contribution in [0.15, 0.2) is 77.3 Å². The number of carbonyl (C=O) groups excluding carboxylic acids is 2. The van der Waals surface area contributed by atoms with Crippen LogP contribution in [-0.2, 0) is 4.79 Å². The van der Waals surface area contributed by atoms with E-state index in [4.69, 9.17) is 4.74 Å². The maximum absolute atomic E-state index is 13.1. The Balaban J connectivity index is 1.34. The van der Waals surface area contributed by atoms with Crippen molar-refractivity contribution in [1.29, 1.82) is 0 Å². The first-order valence-electron chi connectivity index (χ1n) is 10.5. The molecule has 2 aromatic heterocycles. The number of hydrogen-bond acceptors (Lipinski definition) is 6. The minimum atomic E-state index is -0.359. The van der Waals surface area contributed by atoms with Gasteiger partial charge in [0.1, 0.15) is 11.4 Å². The van der Waals surface area contributed by atoms with Gasteiger partial charge in [0, 0.05) is 15.4 Å². The van der Waals surface area contributed by atoms with Gasteiger partial charge in [0.2, 0.25) is 0 Å². The van der Waals surface area contributed by atoms with E-state index in [1.807, 2.05) is 24.3 Å². The maximum atomic E-state index is 13.1. The van der Waals surface area contributed by atoms with E-state index in [1.165, 1.54) is 0 Å². The topological polar surface area (TPSA) is 138 Å². The van der Waals surface area contributed by atoms with Crippen molar-refractivity contribution in [1.82, 2.24) is 25.6 Å². The van der Waals surface area contributed by atoms with Gasteiger partial charge in [-0.15, -0.1) is 5.10 Å². The number of hydrogen-bond donors (Lipinski definition) is 4. The summed E-state index contributed by atoms with van der Waals surface area (Å²) in [5.74, 6) is 0.345. The monoisotopic (exact) mass is 531 g/mol. The first-order valence-corrected chi connectivity index (χ1v) is 11.3. The fourth-order valence-electron chi connectivity index (χ4n) is 3.52. The highest BCUT2D eigenvalue weighted by molar-refractivity contribution is 9.10. The van der Waals surface area contributed by atoms with Gasteiger partial charge in [-0.05, 0) is 52.9 Å². The summed E-state index contributed by atoms with van der Waals surface area (Å²) in [6.07, 6.45) is 0. The molecule has 0 aliphatic rings. The Kier molecular flexibility index (Phi) is 6.22. The van der Waals surface area contributed by atoms with Crippen LogP contribution in [0.25, 0.3) is 22.3 Å². The molecule has 35 heavy (non-hydrogen) atoms. The van der Waals surface area contributed by atoms with Gasteiger partial charge in [0.05, 0.1) is 16.9 Å². The van der Waals surface area contributed by atoms with Crippen LogP contribution in [-0.4, -0.2) is 44.0 Å². The Bertz CT molecular complexity index is 1500. The molecule has 0 saturated heterocycles. The van der Waals surface area contributed by atoms with Crippen LogP contribution in [0.2, 0.25) is 0 Å². The molecular weight excluding hydrogens is 514 g/mol. The summed E-state index contributed by atoms with van der Waals surface area (Å²) >= 11 is 3.42. The lowest BCUT2D eigenvalue weighted by Crippen LogP contribution is -2.20. The highest BCUT2D eigenvalue weighted by atomic mass is 79.9. The largest absolute Gasteiger partial charge is 0.484 e. The lowest BCUT2D eigenvalue weighted by molar-refractivity contribution is -0.118. The number of aromatic nitrogens is 5. The predicted octanol–water partition coefficient (Wildman–Crippen LogP) is 4.38. The van der Waals surface area contributed by atoms with E-state index in [9.17, 15) is 9.59 Å². The first-order chi connectivity index (χ1) is 17.1. The molecule has 5 aromatic rings. The predicted molar refractivity (Wildman–Crippen MR) is 134 cm³/mol. The quantitative estimate of drug-likeness (QED) is 0.246. The summed E-state index contributed by atoms with van der Waals surface area (Å²) in [5, 5.41) is 20.3. The van der Waals surface area contributed by atoms with Crippen molar-refractivity contribution in [2.75, 3.05) is 17.2 Å². The minimum absolute atomic E-state index is 0.142. The van der Waals surface area contributed by atoms with Crippen molar-refractivity contribution >= 4 is 50.0 Å². The molecule has 2 heterocycles. The Morgan fingerprint density at radius 1 is 0.943 bits per heavy atom. The van der Waals surface area contributed by atoms with E-state index in [0.717, 1.165) is 9.86 Å². The SMILES string of the molecule is O=C(COc1ccccc1)Nc1cccc2cc(C(=O)Nc3ccc(Br)cc3-c3nnn[nH]3)[nH]c12. The summed E-state index contributed by atoms with van der Waals surface area (Å²) < 4.78 is 6.32. The summed E-state index contributed by atoms with van der Waals surface area (Å²) in [6, 6.07) is 21.6. The molecule has 3 aromatic carbocycles. The molecule has 0 unspecified atom stereocenters. The minimum Gasteiger partial charge on any atom is -0.484 e. The van der Waals surface area contributed by atoms with E-state index in [-0.39, 0.29) is 18.4 Å². The molecule has 10 nitrogen and oxygen atoms in total. The molecule has 0 aliphatic carbocycles. The molecule has 0 fully saturated rings. The van der Waals surface area contributed by atoms with Gasteiger partial charge >= 0.3 is 0 Å². The molecule has 0 saturated carbocycles. The smallest absolute Gasteiger partial charge is 0.272 e. The van der Waals surface area contributed by atoms with Crippen LogP contribution in [0.4, 0.5) is 11.4 Å². The van der Waals surface area contributed by atoms with Crippen LogP contribution in [0, 0.1) is 0 Å². The van der Waals surface area contributed by atoms with Gasteiger partial charge in [0.25, 0.3) is 11.8 Å². The highest BCUT2D eigenvalue weighted by Crippen LogP contribution is 2.29. The zero-order chi connectivity index (χ0) is 24.2. The van der Waals surface area contributed by atoms with Crippen LogP contribution in [0.3, 0.4) is 0 Å². The second-order valence-electron chi connectivity index (χ2n) is 7.50. The number of carbonyl (C=O) groups is 2. The zero-order valence-electron chi connectivity index (χ0n) is 18.1. The second kappa shape index (κ2) is 9.77. The number of benzene rings is 3. The van der Waals surface area contributed by atoms with Gasteiger partial charge < -0.3 is 20.4 Å². The number of halogens is 1. The molecule has 0 radical (unpaired) electrons. The number of anilines is 2. The van der Waals surface area contributed by atoms with E-state index in [2.05, 4.69) is 52.2 Å². The van der Waals surface area contributed by atoms with Gasteiger partial charge in [-0.2, -0.15) is 0 Å². The van der Waals surface area contributed by atoms with Gasteiger partial charge in [-0.3, -0.25) is 9.59 Å². The van der Waals surface area contributed by atoms with Gasteiger partial charge in [0.15, 0.2) is 12.4 Å². The molecule has 0 spiro atoms. The van der Waals surface area contributed by atoms with E-state index in [0.29, 0.717) is 39.7 Å². The van der Waals surface area contributed by atoms with E-state index < -0.39 is 0 Å². The number of nitrogens with one attached hydrogen (secondary N) is 4. The maximum Gasteiger partial charge on any atom is 0.272 e. The van der Waals surface area contributed by atoms with Crippen LogP contribution in [0.1, 0.15) is 10.5 Å². The van der Waals surface area contributed by atoms with Crippen molar-refractivity contribution in [3.8, 4) is 17.1 Å². The molecule has 4 N–H and O–H groups in total. The number of rotatable bonds is 7. The van der Waals surface area contributed by atoms with Crippen molar-refractivity contribution < 1.29 is 14.3 Å². The summed E-state index contributed by atoms with van der Waals surface area (Å²) in [4.78, 5) is 28.6. The molecule has 174 valence electrons.